The van der Waals surface area contributed by atoms with Crippen LogP contribution in [0.15, 0.2) is 54.6 Å². The lowest BCUT2D eigenvalue weighted by atomic mass is 9.92. The maximum absolute atomic E-state index is 12.8. The van der Waals surface area contributed by atoms with E-state index < -0.39 is 17.5 Å². The van der Waals surface area contributed by atoms with E-state index in [9.17, 15) is 14.4 Å². The van der Waals surface area contributed by atoms with Crippen molar-refractivity contribution in [2.75, 3.05) is 6.54 Å². The molecule has 2 aromatic rings. The first-order valence-corrected chi connectivity index (χ1v) is 7.78. The standard InChI is InChI=1S/C18H15ClN2O3/c1-18(13-8-5-9-14(19)10-13)16(23)21(17(24)20-18)11-15(22)12-6-3-2-4-7-12/h2-10H,11H2,1H3,(H,20,24)/t18-/m1/s1. The van der Waals surface area contributed by atoms with Gasteiger partial charge in [0, 0.05) is 10.6 Å². The van der Waals surface area contributed by atoms with E-state index in [4.69, 9.17) is 11.6 Å². The summed E-state index contributed by atoms with van der Waals surface area (Å²) < 4.78 is 0. The Morgan fingerprint density at radius 3 is 2.50 bits per heavy atom. The van der Waals surface area contributed by atoms with E-state index in [1.807, 2.05) is 0 Å². The summed E-state index contributed by atoms with van der Waals surface area (Å²) in [6.45, 7) is 1.30. The van der Waals surface area contributed by atoms with E-state index in [0.717, 1.165) is 4.90 Å². The predicted octanol–water partition coefficient (Wildman–Crippen LogP) is 2.99. The van der Waals surface area contributed by atoms with Crippen molar-refractivity contribution in [3.05, 3.63) is 70.7 Å². The fourth-order valence-corrected chi connectivity index (χ4v) is 2.88. The molecule has 1 aliphatic rings. The number of carbonyl (C=O) groups excluding carboxylic acids is 3. The molecule has 3 amide bonds. The van der Waals surface area contributed by atoms with Gasteiger partial charge in [0.25, 0.3) is 5.91 Å². The van der Waals surface area contributed by atoms with E-state index in [-0.39, 0.29) is 12.3 Å². The molecular weight excluding hydrogens is 328 g/mol. The molecule has 1 fully saturated rings. The SMILES string of the molecule is C[C@]1(c2cccc(Cl)c2)NC(=O)N(CC(=O)c2ccccc2)C1=O. The third-order valence-corrected chi connectivity index (χ3v) is 4.31. The molecule has 0 saturated carbocycles. The minimum atomic E-state index is -1.24. The molecule has 0 aromatic heterocycles. The lowest BCUT2D eigenvalue weighted by molar-refractivity contribution is -0.130. The minimum absolute atomic E-state index is 0.297. The van der Waals surface area contributed by atoms with E-state index in [1.54, 1.807) is 61.5 Å². The summed E-state index contributed by atoms with van der Waals surface area (Å²) in [6.07, 6.45) is 0. The van der Waals surface area contributed by atoms with Crippen molar-refractivity contribution < 1.29 is 14.4 Å². The quantitative estimate of drug-likeness (QED) is 0.686. The van der Waals surface area contributed by atoms with Gasteiger partial charge in [-0.1, -0.05) is 54.1 Å². The Labute approximate surface area is 144 Å². The average molecular weight is 343 g/mol. The van der Waals surface area contributed by atoms with Crippen molar-refractivity contribution >= 4 is 29.3 Å². The maximum atomic E-state index is 12.8. The minimum Gasteiger partial charge on any atom is -0.319 e. The summed E-state index contributed by atoms with van der Waals surface area (Å²) in [4.78, 5) is 38.2. The zero-order valence-electron chi connectivity index (χ0n) is 13.0. The van der Waals surface area contributed by atoms with E-state index in [1.165, 1.54) is 0 Å². The number of rotatable bonds is 4. The normalized spacial score (nSPS) is 20.2. The number of hydrogen-bond donors (Lipinski definition) is 1. The van der Waals surface area contributed by atoms with Crippen LogP contribution in [-0.2, 0) is 10.3 Å². The van der Waals surface area contributed by atoms with Crippen LogP contribution in [0.5, 0.6) is 0 Å². The van der Waals surface area contributed by atoms with Gasteiger partial charge in [-0.2, -0.15) is 0 Å². The summed E-state index contributed by atoms with van der Waals surface area (Å²) in [5.74, 6) is -0.770. The molecule has 1 aliphatic heterocycles. The second-order valence-electron chi connectivity index (χ2n) is 5.75. The van der Waals surface area contributed by atoms with Crippen LogP contribution >= 0.6 is 11.6 Å². The molecule has 0 spiro atoms. The number of urea groups is 1. The molecule has 24 heavy (non-hydrogen) atoms. The summed E-state index contributed by atoms with van der Waals surface area (Å²) >= 11 is 5.98. The largest absolute Gasteiger partial charge is 0.325 e. The van der Waals surface area contributed by atoms with Gasteiger partial charge in [0.2, 0.25) is 0 Å². The number of imide groups is 1. The van der Waals surface area contributed by atoms with E-state index in [2.05, 4.69) is 5.32 Å². The molecule has 1 saturated heterocycles. The molecule has 1 atom stereocenters. The Hall–Kier alpha value is -2.66. The first-order valence-electron chi connectivity index (χ1n) is 7.40. The highest BCUT2D eigenvalue weighted by Gasteiger charge is 2.49. The van der Waals surface area contributed by atoms with Crippen molar-refractivity contribution in [2.24, 2.45) is 0 Å². The summed E-state index contributed by atoms with van der Waals surface area (Å²) in [7, 11) is 0. The summed E-state index contributed by atoms with van der Waals surface area (Å²) in [6, 6.07) is 14.7. The number of ketones is 1. The number of nitrogens with zero attached hydrogens (tertiary/aromatic N) is 1. The first kappa shape index (κ1) is 16.2. The van der Waals surface area contributed by atoms with Crippen LogP contribution in [0.25, 0.3) is 0 Å². The van der Waals surface area contributed by atoms with Crippen molar-refractivity contribution in [3.8, 4) is 0 Å². The topological polar surface area (TPSA) is 66.5 Å². The van der Waals surface area contributed by atoms with Gasteiger partial charge in [-0.05, 0) is 24.6 Å². The zero-order chi connectivity index (χ0) is 17.3. The van der Waals surface area contributed by atoms with Gasteiger partial charge < -0.3 is 5.32 Å². The number of hydrogen-bond acceptors (Lipinski definition) is 3. The highest BCUT2D eigenvalue weighted by Crippen LogP contribution is 2.30. The van der Waals surface area contributed by atoms with Crippen molar-refractivity contribution in [2.45, 2.75) is 12.5 Å². The lowest BCUT2D eigenvalue weighted by Gasteiger charge is -2.22. The number of carbonyl (C=O) groups is 3. The van der Waals surface area contributed by atoms with Crippen LogP contribution in [0.1, 0.15) is 22.8 Å². The maximum Gasteiger partial charge on any atom is 0.325 e. The molecular formula is C18H15ClN2O3. The van der Waals surface area contributed by atoms with Gasteiger partial charge in [0.15, 0.2) is 5.78 Å². The first-order chi connectivity index (χ1) is 11.4. The van der Waals surface area contributed by atoms with Crippen LogP contribution in [0.2, 0.25) is 5.02 Å². The average Bonchev–Trinajstić information content (AvgIpc) is 2.80. The third kappa shape index (κ3) is 2.78. The van der Waals surface area contributed by atoms with Gasteiger partial charge in [-0.25, -0.2) is 4.79 Å². The molecule has 5 nitrogen and oxygen atoms in total. The fourth-order valence-electron chi connectivity index (χ4n) is 2.69. The van der Waals surface area contributed by atoms with Crippen LogP contribution in [0.3, 0.4) is 0 Å². The van der Waals surface area contributed by atoms with Gasteiger partial charge in [0.1, 0.15) is 5.54 Å². The molecule has 0 unspecified atom stereocenters. The molecule has 1 heterocycles. The Kier molecular flexibility index (Phi) is 4.11. The molecule has 0 aliphatic carbocycles. The summed E-state index contributed by atoms with van der Waals surface area (Å²) in [5.41, 5.74) is -0.212. The van der Waals surface area contributed by atoms with Crippen molar-refractivity contribution in [1.82, 2.24) is 10.2 Å². The Morgan fingerprint density at radius 1 is 1.12 bits per heavy atom. The van der Waals surface area contributed by atoms with Crippen molar-refractivity contribution in [1.29, 1.82) is 0 Å². The number of Topliss-reactive ketones (excluding diaryl/α,β-unsaturated/α-hetero) is 1. The molecule has 1 N–H and O–H groups in total. The molecule has 0 bridgehead atoms. The molecule has 6 heteroatoms. The Morgan fingerprint density at radius 2 is 1.83 bits per heavy atom. The zero-order valence-corrected chi connectivity index (χ0v) is 13.7. The van der Waals surface area contributed by atoms with Gasteiger partial charge in [-0.15, -0.1) is 0 Å². The number of halogens is 1. The second kappa shape index (κ2) is 6.09. The predicted molar refractivity (Wildman–Crippen MR) is 89.8 cm³/mol. The third-order valence-electron chi connectivity index (χ3n) is 4.07. The lowest BCUT2D eigenvalue weighted by Crippen LogP contribution is -2.41. The van der Waals surface area contributed by atoms with E-state index in [0.29, 0.717) is 16.1 Å². The van der Waals surface area contributed by atoms with Gasteiger partial charge >= 0.3 is 6.03 Å². The fraction of sp³-hybridized carbons (Fsp3) is 0.167. The van der Waals surface area contributed by atoms with Crippen molar-refractivity contribution in [3.63, 3.8) is 0 Å². The number of nitrogens with one attached hydrogen (secondary N) is 1. The van der Waals surface area contributed by atoms with Gasteiger partial charge in [-0.3, -0.25) is 14.5 Å². The second-order valence-corrected chi connectivity index (χ2v) is 6.18. The molecule has 2 aromatic carbocycles. The Bertz CT molecular complexity index is 822. The number of benzene rings is 2. The Balaban J connectivity index is 1.85. The van der Waals surface area contributed by atoms with Crippen LogP contribution in [-0.4, -0.2) is 29.2 Å². The highest BCUT2D eigenvalue weighted by atomic mass is 35.5. The number of amides is 3. The molecule has 3 rings (SSSR count). The van der Waals surface area contributed by atoms with Crippen LogP contribution in [0.4, 0.5) is 4.79 Å². The van der Waals surface area contributed by atoms with Gasteiger partial charge in [0.05, 0.1) is 6.54 Å². The molecule has 122 valence electrons. The molecule has 0 radical (unpaired) electrons. The smallest absolute Gasteiger partial charge is 0.319 e. The highest BCUT2D eigenvalue weighted by molar-refractivity contribution is 6.30. The van der Waals surface area contributed by atoms with Crippen LogP contribution in [0, 0.1) is 0 Å². The monoisotopic (exact) mass is 342 g/mol. The van der Waals surface area contributed by atoms with E-state index >= 15 is 0 Å². The summed E-state index contributed by atoms with van der Waals surface area (Å²) in [5, 5.41) is 3.12. The van der Waals surface area contributed by atoms with Crippen LogP contribution < -0.4 is 5.32 Å².